The van der Waals surface area contributed by atoms with Gasteiger partial charge in [-0.25, -0.2) is 4.79 Å². The van der Waals surface area contributed by atoms with E-state index in [0.717, 1.165) is 0 Å². The van der Waals surface area contributed by atoms with Crippen LogP contribution in [0.1, 0.15) is 26.3 Å². The highest BCUT2D eigenvalue weighted by atomic mass is 16.6. The predicted octanol–water partition coefficient (Wildman–Crippen LogP) is 1.88. The summed E-state index contributed by atoms with van der Waals surface area (Å²) in [6.07, 6.45) is 0. The highest BCUT2D eigenvalue weighted by molar-refractivity contribution is 6.07. The van der Waals surface area contributed by atoms with E-state index in [4.69, 9.17) is 9.47 Å². The number of fused-ring (bicyclic) bond motifs is 1. The zero-order valence-electron chi connectivity index (χ0n) is 13.0. The highest BCUT2D eigenvalue weighted by Gasteiger charge is 2.49. The predicted molar refractivity (Wildman–Crippen MR) is 79.9 cm³/mol. The van der Waals surface area contributed by atoms with Crippen LogP contribution in [0.15, 0.2) is 18.2 Å². The van der Waals surface area contributed by atoms with E-state index in [1.54, 1.807) is 25.1 Å². The highest BCUT2D eigenvalue weighted by Crippen LogP contribution is 2.36. The Bertz CT molecular complexity index is 629. The number of imide groups is 1. The van der Waals surface area contributed by atoms with Crippen LogP contribution in [-0.2, 0) is 10.3 Å². The molecule has 1 aromatic rings. The van der Waals surface area contributed by atoms with E-state index < -0.39 is 5.54 Å². The summed E-state index contributed by atoms with van der Waals surface area (Å²) in [5, 5.41) is 2.80. The smallest absolute Gasteiger partial charge is 0.325 e. The lowest BCUT2D eigenvalue weighted by molar-refractivity contribution is -0.131. The van der Waals surface area contributed by atoms with Gasteiger partial charge in [0, 0.05) is 6.54 Å². The molecule has 2 heterocycles. The lowest BCUT2D eigenvalue weighted by Gasteiger charge is -2.25. The first-order chi connectivity index (χ1) is 10.4. The number of urea groups is 1. The molecule has 0 unspecified atom stereocenters. The molecule has 6 nitrogen and oxygen atoms in total. The van der Waals surface area contributed by atoms with Gasteiger partial charge in [-0.1, -0.05) is 19.9 Å². The second kappa shape index (κ2) is 5.19. The number of carbonyl (C=O) groups excluding carboxylic acids is 2. The number of carbonyl (C=O) groups is 2. The molecule has 0 aromatic heterocycles. The van der Waals surface area contributed by atoms with Gasteiger partial charge in [0.25, 0.3) is 5.91 Å². The van der Waals surface area contributed by atoms with Gasteiger partial charge in [0.15, 0.2) is 11.5 Å². The average molecular weight is 304 g/mol. The van der Waals surface area contributed by atoms with Gasteiger partial charge in [0.2, 0.25) is 0 Å². The molecule has 1 fully saturated rings. The molecule has 1 atom stereocenters. The molecule has 0 bridgehead atoms. The molecule has 2 aliphatic heterocycles. The SMILES string of the molecule is CC(C)CN1C(=O)N[C@](C)(c2ccc3c(c2)OCCO3)C1=O. The van der Waals surface area contributed by atoms with Crippen molar-refractivity contribution < 1.29 is 19.1 Å². The molecular weight excluding hydrogens is 284 g/mol. The number of nitrogens with zero attached hydrogens (tertiary/aromatic N) is 1. The molecule has 0 saturated carbocycles. The van der Waals surface area contributed by atoms with Crippen molar-refractivity contribution in [2.75, 3.05) is 19.8 Å². The fraction of sp³-hybridized carbons (Fsp3) is 0.500. The Balaban J connectivity index is 1.93. The lowest BCUT2D eigenvalue weighted by Crippen LogP contribution is -2.41. The zero-order valence-corrected chi connectivity index (χ0v) is 13.0. The van der Waals surface area contributed by atoms with Crippen molar-refractivity contribution in [2.24, 2.45) is 5.92 Å². The van der Waals surface area contributed by atoms with Crippen molar-refractivity contribution in [3.05, 3.63) is 23.8 Å². The van der Waals surface area contributed by atoms with E-state index in [-0.39, 0.29) is 17.9 Å². The third kappa shape index (κ3) is 2.28. The maximum atomic E-state index is 12.7. The normalized spacial score (nSPS) is 23.9. The molecule has 1 N–H and O–H groups in total. The quantitative estimate of drug-likeness (QED) is 0.866. The van der Waals surface area contributed by atoms with Crippen LogP contribution in [0.2, 0.25) is 0 Å². The largest absolute Gasteiger partial charge is 0.486 e. The number of hydrogen-bond donors (Lipinski definition) is 1. The summed E-state index contributed by atoms with van der Waals surface area (Å²) in [6.45, 7) is 7.07. The number of amides is 3. The van der Waals surface area contributed by atoms with E-state index in [9.17, 15) is 9.59 Å². The molecule has 3 rings (SSSR count). The Labute approximate surface area is 129 Å². The van der Waals surface area contributed by atoms with Crippen molar-refractivity contribution >= 4 is 11.9 Å². The van der Waals surface area contributed by atoms with E-state index in [1.165, 1.54) is 4.90 Å². The van der Waals surface area contributed by atoms with Crippen molar-refractivity contribution in [3.8, 4) is 11.5 Å². The lowest BCUT2D eigenvalue weighted by atomic mass is 9.91. The van der Waals surface area contributed by atoms with Crippen LogP contribution in [0.3, 0.4) is 0 Å². The van der Waals surface area contributed by atoms with Crippen LogP contribution in [0.25, 0.3) is 0 Å². The van der Waals surface area contributed by atoms with Gasteiger partial charge < -0.3 is 14.8 Å². The molecule has 118 valence electrons. The standard InChI is InChI=1S/C16H20N2O4/c1-10(2)9-18-14(19)16(3,17-15(18)20)11-4-5-12-13(8-11)22-7-6-21-12/h4-5,8,10H,6-7,9H2,1-3H3,(H,17,20)/t16-/m1/s1. The van der Waals surface area contributed by atoms with Gasteiger partial charge in [0.05, 0.1) is 0 Å². The van der Waals surface area contributed by atoms with E-state index in [1.807, 2.05) is 13.8 Å². The molecule has 6 heteroatoms. The van der Waals surface area contributed by atoms with Crippen molar-refractivity contribution in [3.63, 3.8) is 0 Å². The Morgan fingerprint density at radius 2 is 1.91 bits per heavy atom. The molecule has 0 spiro atoms. The van der Waals surface area contributed by atoms with E-state index in [0.29, 0.717) is 36.8 Å². The topological polar surface area (TPSA) is 67.9 Å². The second-order valence-electron chi connectivity index (χ2n) is 6.22. The fourth-order valence-corrected chi connectivity index (χ4v) is 2.78. The monoisotopic (exact) mass is 304 g/mol. The summed E-state index contributed by atoms with van der Waals surface area (Å²) < 4.78 is 11.0. The van der Waals surface area contributed by atoms with Crippen molar-refractivity contribution in [1.82, 2.24) is 10.2 Å². The first-order valence-corrected chi connectivity index (χ1v) is 7.46. The maximum Gasteiger partial charge on any atom is 0.325 e. The van der Waals surface area contributed by atoms with Crippen LogP contribution >= 0.6 is 0 Å². The number of hydrogen-bond acceptors (Lipinski definition) is 4. The van der Waals surface area contributed by atoms with Crippen LogP contribution < -0.4 is 14.8 Å². The molecular formula is C16H20N2O4. The van der Waals surface area contributed by atoms with E-state index in [2.05, 4.69) is 5.32 Å². The minimum atomic E-state index is -1.07. The summed E-state index contributed by atoms with van der Waals surface area (Å²) in [4.78, 5) is 26.1. The Hall–Kier alpha value is -2.24. The van der Waals surface area contributed by atoms with Gasteiger partial charge in [-0.15, -0.1) is 0 Å². The minimum Gasteiger partial charge on any atom is -0.486 e. The van der Waals surface area contributed by atoms with Gasteiger partial charge in [0.1, 0.15) is 18.8 Å². The van der Waals surface area contributed by atoms with Crippen molar-refractivity contribution in [2.45, 2.75) is 26.3 Å². The molecule has 3 amide bonds. The number of rotatable bonds is 3. The summed E-state index contributed by atoms with van der Waals surface area (Å²) in [5.74, 6) is 1.25. The summed E-state index contributed by atoms with van der Waals surface area (Å²) in [5.41, 5.74) is -0.372. The average Bonchev–Trinajstić information content (AvgIpc) is 2.71. The third-order valence-corrected chi connectivity index (χ3v) is 3.94. The van der Waals surface area contributed by atoms with Gasteiger partial charge in [-0.3, -0.25) is 9.69 Å². The number of benzene rings is 1. The summed E-state index contributed by atoms with van der Waals surface area (Å²) in [7, 11) is 0. The van der Waals surface area contributed by atoms with Gasteiger partial charge >= 0.3 is 6.03 Å². The van der Waals surface area contributed by atoms with Gasteiger partial charge in [-0.05, 0) is 30.5 Å². The molecule has 2 aliphatic rings. The first kappa shape index (κ1) is 14.7. The first-order valence-electron chi connectivity index (χ1n) is 7.46. The summed E-state index contributed by atoms with van der Waals surface area (Å²) >= 11 is 0. The number of nitrogens with one attached hydrogen (secondary N) is 1. The maximum absolute atomic E-state index is 12.7. The van der Waals surface area contributed by atoms with Crippen LogP contribution in [0, 0.1) is 5.92 Å². The third-order valence-electron chi connectivity index (χ3n) is 3.94. The Morgan fingerprint density at radius 3 is 2.59 bits per heavy atom. The zero-order chi connectivity index (χ0) is 15.9. The summed E-state index contributed by atoms with van der Waals surface area (Å²) in [6, 6.07) is 4.99. The van der Waals surface area contributed by atoms with Gasteiger partial charge in [-0.2, -0.15) is 0 Å². The number of ether oxygens (including phenoxy) is 2. The molecule has 1 saturated heterocycles. The molecule has 0 radical (unpaired) electrons. The van der Waals surface area contributed by atoms with Crippen LogP contribution in [-0.4, -0.2) is 36.6 Å². The van der Waals surface area contributed by atoms with Crippen LogP contribution in [0.5, 0.6) is 11.5 Å². The molecule has 1 aromatic carbocycles. The second-order valence-corrected chi connectivity index (χ2v) is 6.22. The van der Waals surface area contributed by atoms with Crippen molar-refractivity contribution in [1.29, 1.82) is 0 Å². The fourth-order valence-electron chi connectivity index (χ4n) is 2.78. The van der Waals surface area contributed by atoms with Crippen LogP contribution in [0.4, 0.5) is 4.79 Å². The Morgan fingerprint density at radius 1 is 1.23 bits per heavy atom. The van der Waals surface area contributed by atoms with E-state index >= 15 is 0 Å². The molecule has 22 heavy (non-hydrogen) atoms. The Kier molecular flexibility index (Phi) is 3.47. The minimum absolute atomic E-state index is 0.220. The molecule has 0 aliphatic carbocycles.